The lowest BCUT2D eigenvalue weighted by Gasteiger charge is -2.21. The first-order valence-electron chi connectivity index (χ1n) is 10.2. The maximum absolute atomic E-state index is 14.1. The van der Waals surface area contributed by atoms with Crippen LogP contribution in [0, 0.1) is 5.82 Å². The molecule has 3 aromatic rings. The highest BCUT2D eigenvalue weighted by atomic mass is 32.2. The zero-order valence-electron chi connectivity index (χ0n) is 17.8. The van der Waals surface area contributed by atoms with E-state index in [-0.39, 0.29) is 13.0 Å². The number of carbonyl (C=O) groups excluding carboxylic acids is 2. The van der Waals surface area contributed by atoms with Crippen molar-refractivity contribution in [3.63, 3.8) is 0 Å². The summed E-state index contributed by atoms with van der Waals surface area (Å²) >= 11 is 0. The van der Waals surface area contributed by atoms with Gasteiger partial charge >= 0.3 is 0 Å². The van der Waals surface area contributed by atoms with E-state index in [1.54, 1.807) is 42.5 Å². The van der Waals surface area contributed by atoms with E-state index >= 15 is 0 Å². The minimum atomic E-state index is -4.35. The van der Waals surface area contributed by atoms with Crippen molar-refractivity contribution >= 4 is 21.8 Å². The van der Waals surface area contributed by atoms with E-state index in [0.717, 1.165) is 12.1 Å². The molecular weight excluding hydrogens is 449 g/mol. The molecule has 10 heteroatoms. The Kier molecular flexibility index (Phi) is 7.96. The van der Waals surface area contributed by atoms with E-state index in [9.17, 15) is 22.4 Å². The summed E-state index contributed by atoms with van der Waals surface area (Å²) in [5.41, 5.74) is 0.684. The molecule has 3 rings (SSSR count). The van der Waals surface area contributed by atoms with Gasteiger partial charge in [0.2, 0.25) is 21.8 Å². The fraction of sp³-hybridized carbons (Fsp3) is 0.217. The van der Waals surface area contributed by atoms with Crippen LogP contribution in [-0.2, 0) is 32.6 Å². The van der Waals surface area contributed by atoms with Gasteiger partial charge < -0.3 is 15.1 Å². The number of benzene rings is 2. The second kappa shape index (κ2) is 10.9. The fourth-order valence-electron chi connectivity index (χ4n) is 3.07. The summed E-state index contributed by atoms with van der Waals surface area (Å²) in [5, 5.41) is 5.14. The van der Waals surface area contributed by atoms with Crippen LogP contribution in [0.1, 0.15) is 18.2 Å². The standard InChI is InChI=1S/C23H24FN3O5S/c1-16(22(28)25-15-18-10-7-13-32-18)26-23(29)20(14-17-8-3-2-4-9-17)27-33(30,31)21-12-6-5-11-19(21)24/h2-13,16,20,27H,14-15H2,1H3,(H,25,28)(H,26,29)/t16?,20-/m0/s1. The number of hydrogen-bond donors (Lipinski definition) is 3. The molecule has 3 N–H and O–H groups in total. The number of halogens is 1. The Labute approximate surface area is 191 Å². The van der Waals surface area contributed by atoms with Crippen LogP contribution in [0.3, 0.4) is 0 Å². The summed E-state index contributed by atoms with van der Waals surface area (Å²) < 4.78 is 47.1. The maximum Gasteiger partial charge on any atom is 0.244 e. The average Bonchev–Trinajstić information content (AvgIpc) is 3.31. The van der Waals surface area contributed by atoms with Crippen molar-refractivity contribution in [2.45, 2.75) is 36.9 Å². The zero-order valence-corrected chi connectivity index (χ0v) is 18.6. The van der Waals surface area contributed by atoms with Crippen LogP contribution in [0.25, 0.3) is 0 Å². The van der Waals surface area contributed by atoms with Crippen LogP contribution < -0.4 is 15.4 Å². The molecule has 1 heterocycles. The second-order valence-corrected chi connectivity index (χ2v) is 9.00. The molecule has 1 unspecified atom stereocenters. The van der Waals surface area contributed by atoms with Gasteiger partial charge in [0.05, 0.1) is 12.8 Å². The summed E-state index contributed by atoms with van der Waals surface area (Å²) in [6.07, 6.45) is 1.48. The first-order chi connectivity index (χ1) is 15.8. The number of carbonyl (C=O) groups is 2. The third kappa shape index (κ3) is 6.74. The molecule has 0 aliphatic rings. The lowest BCUT2D eigenvalue weighted by molar-refractivity contribution is -0.129. The lowest BCUT2D eigenvalue weighted by Crippen LogP contribution is -2.53. The Balaban J connectivity index is 1.73. The van der Waals surface area contributed by atoms with Crippen molar-refractivity contribution < 1.29 is 26.8 Å². The van der Waals surface area contributed by atoms with Gasteiger partial charge in [0.1, 0.15) is 28.6 Å². The normalized spacial score (nSPS) is 13.2. The molecule has 2 amide bonds. The van der Waals surface area contributed by atoms with Crippen molar-refractivity contribution in [1.29, 1.82) is 0 Å². The van der Waals surface area contributed by atoms with E-state index in [1.807, 2.05) is 0 Å². The molecule has 0 bridgehead atoms. The number of rotatable bonds is 10. The molecule has 0 aliphatic carbocycles. The van der Waals surface area contributed by atoms with E-state index in [4.69, 9.17) is 4.42 Å². The average molecular weight is 474 g/mol. The van der Waals surface area contributed by atoms with Gasteiger partial charge in [-0.2, -0.15) is 4.72 Å². The van der Waals surface area contributed by atoms with Crippen molar-refractivity contribution in [3.05, 3.63) is 90.1 Å². The van der Waals surface area contributed by atoms with Gasteiger partial charge in [-0.3, -0.25) is 9.59 Å². The van der Waals surface area contributed by atoms with Crippen molar-refractivity contribution in [3.8, 4) is 0 Å². The first-order valence-corrected chi connectivity index (χ1v) is 11.7. The Hall–Kier alpha value is -3.50. The van der Waals surface area contributed by atoms with Crippen LogP contribution in [0.15, 0.2) is 82.3 Å². The van der Waals surface area contributed by atoms with E-state index in [0.29, 0.717) is 11.3 Å². The number of sulfonamides is 1. The summed E-state index contributed by atoms with van der Waals surface area (Å²) in [4.78, 5) is 24.7. The molecule has 0 saturated carbocycles. The summed E-state index contributed by atoms with van der Waals surface area (Å²) in [5.74, 6) is -1.59. The smallest absolute Gasteiger partial charge is 0.244 e. The third-order valence-electron chi connectivity index (χ3n) is 4.79. The first kappa shape index (κ1) is 24.1. The minimum Gasteiger partial charge on any atom is -0.467 e. The Bertz CT molecular complexity index is 1180. The van der Waals surface area contributed by atoms with Gasteiger partial charge in [-0.05, 0) is 43.2 Å². The van der Waals surface area contributed by atoms with E-state index in [2.05, 4.69) is 15.4 Å². The second-order valence-electron chi connectivity index (χ2n) is 7.32. The molecule has 174 valence electrons. The van der Waals surface area contributed by atoms with Crippen LogP contribution in [0.4, 0.5) is 4.39 Å². The molecule has 0 fully saturated rings. The van der Waals surface area contributed by atoms with Crippen LogP contribution in [-0.4, -0.2) is 32.3 Å². The lowest BCUT2D eigenvalue weighted by atomic mass is 10.1. The van der Waals surface area contributed by atoms with Crippen molar-refractivity contribution in [2.75, 3.05) is 0 Å². The molecule has 2 atom stereocenters. The van der Waals surface area contributed by atoms with Gasteiger partial charge in [0, 0.05) is 0 Å². The molecular formula is C23H24FN3O5S. The monoisotopic (exact) mass is 473 g/mol. The number of amides is 2. The molecule has 1 aromatic heterocycles. The zero-order chi connectivity index (χ0) is 23.8. The topological polar surface area (TPSA) is 118 Å². The van der Waals surface area contributed by atoms with Crippen LogP contribution in [0.2, 0.25) is 0 Å². The number of furan rings is 1. The highest BCUT2D eigenvalue weighted by Crippen LogP contribution is 2.15. The largest absolute Gasteiger partial charge is 0.467 e. The SMILES string of the molecule is CC(NC(=O)[C@H](Cc1ccccc1)NS(=O)(=O)c1ccccc1F)C(=O)NCc1ccco1. The molecule has 0 spiro atoms. The molecule has 0 saturated heterocycles. The highest BCUT2D eigenvalue weighted by molar-refractivity contribution is 7.89. The quantitative estimate of drug-likeness (QED) is 0.417. The minimum absolute atomic E-state index is 0.00108. The summed E-state index contributed by atoms with van der Waals surface area (Å²) in [7, 11) is -4.35. The number of nitrogens with one attached hydrogen (secondary N) is 3. The van der Waals surface area contributed by atoms with Crippen LogP contribution in [0.5, 0.6) is 0 Å². The Morgan fingerprint density at radius 2 is 1.67 bits per heavy atom. The molecule has 33 heavy (non-hydrogen) atoms. The predicted molar refractivity (Wildman–Crippen MR) is 119 cm³/mol. The highest BCUT2D eigenvalue weighted by Gasteiger charge is 2.29. The predicted octanol–water partition coefficient (Wildman–Crippen LogP) is 2.13. The van der Waals surface area contributed by atoms with Gasteiger partial charge in [-0.15, -0.1) is 0 Å². The Morgan fingerprint density at radius 1 is 0.970 bits per heavy atom. The van der Waals surface area contributed by atoms with Crippen LogP contribution >= 0.6 is 0 Å². The molecule has 0 radical (unpaired) electrons. The summed E-state index contributed by atoms with van der Waals surface area (Å²) in [6.45, 7) is 1.61. The van der Waals surface area contributed by atoms with Crippen molar-refractivity contribution in [2.24, 2.45) is 0 Å². The van der Waals surface area contributed by atoms with Gasteiger partial charge in [-0.1, -0.05) is 42.5 Å². The molecule has 0 aliphatic heterocycles. The van der Waals surface area contributed by atoms with Gasteiger partial charge in [0.15, 0.2) is 0 Å². The molecule has 8 nitrogen and oxygen atoms in total. The Morgan fingerprint density at radius 3 is 2.33 bits per heavy atom. The van der Waals surface area contributed by atoms with Gasteiger partial charge in [-0.25, -0.2) is 12.8 Å². The summed E-state index contributed by atoms with van der Waals surface area (Å²) in [6, 6.07) is 14.8. The maximum atomic E-state index is 14.1. The van der Waals surface area contributed by atoms with E-state index < -0.39 is 44.6 Å². The number of hydrogen-bond acceptors (Lipinski definition) is 5. The van der Waals surface area contributed by atoms with Gasteiger partial charge in [0.25, 0.3) is 0 Å². The van der Waals surface area contributed by atoms with Crippen molar-refractivity contribution in [1.82, 2.24) is 15.4 Å². The third-order valence-corrected chi connectivity index (χ3v) is 6.30. The fourth-order valence-corrected chi connectivity index (χ4v) is 4.35. The van der Waals surface area contributed by atoms with E-state index in [1.165, 1.54) is 25.3 Å². The molecule has 2 aromatic carbocycles.